The number of hydrogen-bond donors (Lipinski definition) is 1. The van der Waals surface area contributed by atoms with E-state index >= 15 is 0 Å². The van der Waals surface area contributed by atoms with Gasteiger partial charge in [0.25, 0.3) is 10.0 Å². The standard InChI is InChI=1S/C29H34FN3O4S/c1-4-19-31-29(35)23(3)32(20-18-24-8-6-5-7-9-24)28(34)21-33(26-14-10-22(2)11-15-26)38(36,37)27-16-12-25(30)13-17-27/h5-17,23H,4,18-21H2,1-3H3,(H,31,35)/t23-/m1/s1. The Balaban J connectivity index is 1.95. The summed E-state index contributed by atoms with van der Waals surface area (Å²) in [5.74, 6) is -1.40. The molecule has 2 amide bonds. The van der Waals surface area contributed by atoms with Gasteiger partial charge in [-0.15, -0.1) is 0 Å². The molecule has 1 N–H and O–H groups in total. The smallest absolute Gasteiger partial charge is 0.264 e. The maximum absolute atomic E-state index is 13.7. The first-order valence-electron chi connectivity index (χ1n) is 12.6. The van der Waals surface area contributed by atoms with Gasteiger partial charge in [0.05, 0.1) is 10.6 Å². The van der Waals surface area contributed by atoms with E-state index < -0.39 is 34.3 Å². The molecule has 0 spiro atoms. The lowest BCUT2D eigenvalue weighted by molar-refractivity contribution is -0.138. The maximum Gasteiger partial charge on any atom is 0.264 e. The van der Waals surface area contributed by atoms with Gasteiger partial charge < -0.3 is 10.2 Å². The molecule has 1 atom stereocenters. The summed E-state index contributed by atoms with van der Waals surface area (Å²) in [6.45, 7) is 5.61. The van der Waals surface area contributed by atoms with Crippen LogP contribution in [0.1, 0.15) is 31.4 Å². The van der Waals surface area contributed by atoms with E-state index in [0.29, 0.717) is 18.7 Å². The molecular formula is C29H34FN3O4S. The number of anilines is 1. The molecule has 0 saturated carbocycles. The molecule has 38 heavy (non-hydrogen) atoms. The zero-order valence-electron chi connectivity index (χ0n) is 21.9. The molecule has 0 radical (unpaired) electrons. The van der Waals surface area contributed by atoms with E-state index in [1.54, 1.807) is 31.2 Å². The molecule has 0 fully saturated rings. The van der Waals surface area contributed by atoms with Crippen molar-refractivity contribution in [3.63, 3.8) is 0 Å². The minimum Gasteiger partial charge on any atom is -0.354 e. The fraction of sp³-hybridized carbons (Fsp3) is 0.310. The zero-order chi connectivity index (χ0) is 27.7. The van der Waals surface area contributed by atoms with Crippen LogP contribution in [0, 0.1) is 12.7 Å². The third-order valence-corrected chi connectivity index (χ3v) is 7.99. The first-order chi connectivity index (χ1) is 18.1. The highest BCUT2D eigenvalue weighted by Gasteiger charge is 2.32. The van der Waals surface area contributed by atoms with Gasteiger partial charge in [-0.25, -0.2) is 12.8 Å². The van der Waals surface area contributed by atoms with E-state index in [-0.39, 0.29) is 17.3 Å². The van der Waals surface area contributed by atoms with Gasteiger partial charge in [-0.1, -0.05) is 55.0 Å². The Bertz CT molecular complexity index is 1310. The number of rotatable bonds is 12. The number of nitrogens with one attached hydrogen (secondary N) is 1. The summed E-state index contributed by atoms with van der Waals surface area (Å²) in [6, 6.07) is 20.0. The van der Waals surface area contributed by atoms with Crippen molar-refractivity contribution in [1.82, 2.24) is 10.2 Å². The Kier molecular flexibility index (Phi) is 10.0. The number of amides is 2. The van der Waals surface area contributed by atoms with Gasteiger partial charge in [-0.3, -0.25) is 13.9 Å². The minimum absolute atomic E-state index is 0.142. The molecule has 3 aromatic rings. The minimum atomic E-state index is -4.22. The van der Waals surface area contributed by atoms with Crippen molar-refractivity contribution in [3.05, 3.63) is 95.8 Å². The lowest BCUT2D eigenvalue weighted by Gasteiger charge is -2.32. The number of aryl methyl sites for hydroxylation is 1. The Morgan fingerprint density at radius 2 is 1.58 bits per heavy atom. The zero-order valence-corrected chi connectivity index (χ0v) is 22.7. The molecular weight excluding hydrogens is 505 g/mol. The Hall–Kier alpha value is -3.72. The van der Waals surface area contributed by atoms with Gasteiger partial charge in [-0.05, 0) is 68.7 Å². The van der Waals surface area contributed by atoms with Crippen LogP contribution in [0.3, 0.4) is 0 Å². The van der Waals surface area contributed by atoms with Crippen LogP contribution < -0.4 is 9.62 Å². The van der Waals surface area contributed by atoms with Gasteiger partial charge in [-0.2, -0.15) is 0 Å². The fourth-order valence-electron chi connectivity index (χ4n) is 3.94. The second-order valence-electron chi connectivity index (χ2n) is 9.09. The van der Waals surface area contributed by atoms with E-state index in [4.69, 9.17) is 0 Å². The molecule has 3 rings (SSSR count). The molecule has 0 aromatic heterocycles. The van der Waals surface area contributed by atoms with E-state index in [1.165, 1.54) is 17.0 Å². The van der Waals surface area contributed by atoms with Gasteiger partial charge in [0.1, 0.15) is 18.4 Å². The molecule has 0 bridgehead atoms. The summed E-state index contributed by atoms with van der Waals surface area (Å²) < 4.78 is 41.9. The monoisotopic (exact) mass is 539 g/mol. The van der Waals surface area contributed by atoms with Gasteiger partial charge in [0.2, 0.25) is 11.8 Å². The molecule has 3 aromatic carbocycles. The molecule has 202 valence electrons. The Labute approximate surface area is 224 Å². The lowest BCUT2D eigenvalue weighted by atomic mass is 10.1. The number of benzene rings is 3. The number of sulfonamides is 1. The molecule has 0 heterocycles. The summed E-state index contributed by atoms with van der Waals surface area (Å²) in [5, 5.41) is 2.82. The second kappa shape index (κ2) is 13.2. The number of carbonyl (C=O) groups is 2. The van der Waals surface area contributed by atoms with Crippen molar-refractivity contribution >= 4 is 27.5 Å². The number of hydrogen-bond acceptors (Lipinski definition) is 4. The van der Waals surface area contributed by atoms with Crippen LogP contribution in [-0.2, 0) is 26.0 Å². The normalized spacial score (nSPS) is 12.0. The summed E-state index contributed by atoms with van der Waals surface area (Å²) in [4.78, 5) is 27.9. The predicted molar refractivity (Wildman–Crippen MR) is 147 cm³/mol. The summed E-state index contributed by atoms with van der Waals surface area (Å²) in [5.41, 5.74) is 2.20. The highest BCUT2D eigenvalue weighted by atomic mass is 32.2. The van der Waals surface area contributed by atoms with Crippen LogP contribution in [0.2, 0.25) is 0 Å². The number of halogens is 1. The van der Waals surface area contributed by atoms with Crippen LogP contribution in [0.5, 0.6) is 0 Å². The predicted octanol–water partition coefficient (Wildman–Crippen LogP) is 4.32. The quantitative estimate of drug-likeness (QED) is 0.372. The molecule has 9 heteroatoms. The average molecular weight is 540 g/mol. The highest BCUT2D eigenvalue weighted by Crippen LogP contribution is 2.25. The maximum atomic E-state index is 13.7. The van der Waals surface area contributed by atoms with Crippen LogP contribution in [0.15, 0.2) is 83.8 Å². The van der Waals surface area contributed by atoms with Gasteiger partial charge in [0, 0.05) is 13.1 Å². The molecule has 7 nitrogen and oxygen atoms in total. The van der Waals surface area contributed by atoms with Gasteiger partial charge >= 0.3 is 0 Å². The molecule has 0 aliphatic heterocycles. The second-order valence-corrected chi connectivity index (χ2v) is 11.0. The van der Waals surface area contributed by atoms with Crippen LogP contribution in [0.4, 0.5) is 10.1 Å². The van der Waals surface area contributed by atoms with Crippen LogP contribution in [-0.4, -0.2) is 50.8 Å². The number of carbonyl (C=O) groups excluding carboxylic acids is 2. The molecule has 0 aliphatic carbocycles. The van der Waals surface area contributed by atoms with Crippen molar-refractivity contribution in [1.29, 1.82) is 0 Å². The van der Waals surface area contributed by atoms with E-state index in [2.05, 4.69) is 5.32 Å². The lowest BCUT2D eigenvalue weighted by Crippen LogP contribution is -2.52. The first kappa shape index (κ1) is 28.8. The topological polar surface area (TPSA) is 86.8 Å². The molecule has 0 aliphatic rings. The van der Waals surface area contributed by atoms with Crippen molar-refractivity contribution < 1.29 is 22.4 Å². The van der Waals surface area contributed by atoms with Crippen molar-refractivity contribution in [2.45, 2.75) is 44.6 Å². The van der Waals surface area contributed by atoms with E-state index in [0.717, 1.165) is 34.0 Å². The first-order valence-corrected chi connectivity index (χ1v) is 14.0. The average Bonchev–Trinajstić information content (AvgIpc) is 2.91. The van der Waals surface area contributed by atoms with Crippen LogP contribution >= 0.6 is 0 Å². The van der Waals surface area contributed by atoms with Crippen molar-refractivity contribution in [2.24, 2.45) is 0 Å². The summed E-state index contributed by atoms with van der Waals surface area (Å²) in [7, 11) is -4.22. The Morgan fingerprint density at radius 3 is 2.18 bits per heavy atom. The summed E-state index contributed by atoms with van der Waals surface area (Å²) in [6.07, 6.45) is 1.24. The van der Waals surface area contributed by atoms with Gasteiger partial charge in [0.15, 0.2) is 0 Å². The number of nitrogens with zero attached hydrogens (tertiary/aromatic N) is 2. The third-order valence-electron chi connectivity index (χ3n) is 6.20. The molecule has 0 saturated heterocycles. The van der Waals surface area contributed by atoms with E-state index in [9.17, 15) is 22.4 Å². The highest BCUT2D eigenvalue weighted by molar-refractivity contribution is 7.92. The van der Waals surface area contributed by atoms with Crippen molar-refractivity contribution in [3.8, 4) is 0 Å². The SMILES string of the molecule is CCCNC(=O)[C@@H](C)N(CCc1ccccc1)C(=O)CN(c1ccc(C)cc1)S(=O)(=O)c1ccc(F)cc1. The summed E-state index contributed by atoms with van der Waals surface area (Å²) >= 11 is 0. The third kappa shape index (κ3) is 7.41. The Morgan fingerprint density at radius 1 is 0.947 bits per heavy atom. The van der Waals surface area contributed by atoms with Crippen molar-refractivity contribution in [2.75, 3.05) is 23.9 Å². The van der Waals surface area contributed by atoms with Crippen LogP contribution in [0.25, 0.3) is 0 Å². The van der Waals surface area contributed by atoms with E-state index in [1.807, 2.05) is 44.2 Å². The largest absolute Gasteiger partial charge is 0.354 e. The molecule has 0 unspecified atom stereocenters. The fourth-order valence-corrected chi connectivity index (χ4v) is 5.35.